The zero-order chi connectivity index (χ0) is 16.0. The molecule has 0 saturated carbocycles. The molecule has 1 aliphatic rings. The van der Waals surface area contributed by atoms with Crippen molar-refractivity contribution < 1.29 is 19.7 Å². The van der Waals surface area contributed by atoms with Gasteiger partial charge in [0.15, 0.2) is 6.29 Å². The van der Waals surface area contributed by atoms with Crippen molar-refractivity contribution in [3.05, 3.63) is 0 Å². The van der Waals surface area contributed by atoms with Gasteiger partial charge in [-0.2, -0.15) is 0 Å². The predicted molar refractivity (Wildman–Crippen MR) is 88.8 cm³/mol. The van der Waals surface area contributed by atoms with E-state index < -0.39 is 6.10 Å². The molecule has 0 aliphatic carbocycles. The first kappa shape index (κ1) is 19.9. The molecule has 3 atom stereocenters. The van der Waals surface area contributed by atoms with Crippen molar-refractivity contribution in [1.29, 1.82) is 0 Å². The van der Waals surface area contributed by atoms with Gasteiger partial charge < -0.3 is 19.7 Å². The molecule has 0 amide bonds. The van der Waals surface area contributed by atoms with E-state index in [4.69, 9.17) is 14.6 Å². The van der Waals surface area contributed by atoms with Crippen molar-refractivity contribution in [2.75, 3.05) is 13.2 Å². The third-order valence-electron chi connectivity index (χ3n) is 4.35. The predicted octanol–water partition coefficient (Wildman–Crippen LogP) is 3.78. The largest absolute Gasteiger partial charge is 0.394 e. The smallest absolute Gasteiger partial charge is 0.160 e. The second kappa shape index (κ2) is 13.3. The molecule has 1 rings (SSSR count). The Kier molecular flexibility index (Phi) is 12.0. The standard InChI is InChI=1S/C18H36O4/c1-2-3-4-5-6-7-8-9-10-11-12-21-18-14-16(20)13-17(15-19)22-18/h16-20H,2-15H2,1H3/t16-,17-,18+/m0/s1. The highest BCUT2D eigenvalue weighted by Crippen LogP contribution is 2.20. The van der Waals surface area contributed by atoms with Crippen LogP contribution in [-0.2, 0) is 9.47 Å². The highest BCUT2D eigenvalue weighted by Gasteiger charge is 2.28. The Balaban J connectivity index is 1.87. The van der Waals surface area contributed by atoms with Gasteiger partial charge in [-0.15, -0.1) is 0 Å². The minimum absolute atomic E-state index is 0.0465. The number of ether oxygens (including phenoxy) is 2. The van der Waals surface area contributed by atoms with Crippen LogP contribution >= 0.6 is 0 Å². The van der Waals surface area contributed by atoms with Crippen LogP contribution in [0.15, 0.2) is 0 Å². The lowest BCUT2D eigenvalue weighted by Crippen LogP contribution is -2.39. The maximum Gasteiger partial charge on any atom is 0.160 e. The molecule has 1 heterocycles. The van der Waals surface area contributed by atoms with Gasteiger partial charge in [-0.05, 0) is 6.42 Å². The normalized spacial score (nSPS) is 25.5. The maximum atomic E-state index is 9.69. The van der Waals surface area contributed by atoms with Crippen LogP contribution in [0.5, 0.6) is 0 Å². The van der Waals surface area contributed by atoms with Gasteiger partial charge in [-0.25, -0.2) is 0 Å². The molecule has 4 heteroatoms. The molecule has 0 spiro atoms. The third-order valence-corrected chi connectivity index (χ3v) is 4.35. The highest BCUT2D eigenvalue weighted by atomic mass is 16.7. The van der Waals surface area contributed by atoms with Crippen LogP contribution in [-0.4, -0.2) is 41.9 Å². The van der Waals surface area contributed by atoms with Gasteiger partial charge >= 0.3 is 0 Å². The van der Waals surface area contributed by atoms with Crippen LogP contribution in [0.2, 0.25) is 0 Å². The molecule has 0 aromatic carbocycles. The van der Waals surface area contributed by atoms with E-state index in [0.29, 0.717) is 19.4 Å². The Morgan fingerprint density at radius 3 is 2.09 bits per heavy atom. The van der Waals surface area contributed by atoms with Gasteiger partial charge in [-0.1, -0.05) is 64.7 Å². The Bertz CT molecular complexity index is 247. The lowest BCUT2D eigenvalue weighted by Gasteiger charge is -2.32. The van der Waals surface area contributed by atoms with Gasteiger partial charge in [0.25, 0.3) is 0 Å². The number of unbranched alkanes of at least 4 members (excludes halogenated alkanes) is 9. The average Bonchev–Trinajstić information content (AvgIpc) is 2.52. The lowest BCUT2D eigenvalue weighted by molar-refractivity contribution is -0.221. The molecule has 0 aromatic rings. The highest BCUT2D eigenvalue weighted by molar-refractivity contribution is 4.72. The number of hydrogen-bond acceptors (Lipinski definition) is 4. The molecule has 1 fully saturated rings. The molecule has 0 unspecified atom stereocenters. The van der Waals surface area contributed by atoms with E-state index >= 15 is 0 Å². The number of rotatable bonds is 13. The zero-order valence-electron chi connectivity index (χ0n) is 14.3. The van der Waals surface area contributed by atoms with Crippen molar-refractivity contribution in [2.24, 2.45) is 0 Å². The SMILES string of the molecule is CCCCCCCCCCCCO[C@H]1C[C@@H](O)C[C@@H](CO)O1. The van der Waals surface area contributed by atoms with Crippen molar-refractivity contribution >= 4 is 0 Å². The van der Waals surface area contributed by atoms with Gasteiger partial charge in [0, 0.05) is 19.4 Å². The van der Waals surface area contributed by atoms with Gasteiger partial charge in [0.2, 0.25) is 0 Å². The Morgan fingerprint density at radius 2 is 1.50 bits per heavy atom. The molecule has 0 radical (unpaired) electrons. The fourth-order valence-electron chi connectivity index (χ4n) is 2.98. The van der Waals surface area contributed by atoms with E-state index in [-0.39, 0.29) is 19.0 Å². The molecule has 0 aromatic heterocycles. The summed E-state index contributed by atoms with van der Waals surface area (Å²) in [5.74, 6) is 0. The zero-order valence-corrected chi connectivity index (χ0v) is 14.3. The van der Waals surface area contributed by atoms with Crippen molar-refractivity contribution in [1.82, 2.24) is 0 Å². The average molecular weight is 316 g/mol. The Labute approximate surface area is 136 Å². The number of hydrogen-bond donors (Lipinski definition) is 2. The minimum atomic E-state index is -0.413. The van der Waals surface area contributed by atoms with E-state index in [9.17, 15) is 5.11 Å². The summed E-state index contributed by atoms with van der Waals surface area (Å²) >= 11 is 0. The molecular weight excluding hydrogens is 280 g/mol. The molecule has 22 heavy (non-hydrogen) atoms. The summed E-state index contributed by atoms with van der Waals surface area (Å²) in [6.07, 6.45) is 13.1. The van der Waals surface area contributed by atoms with Crippen molar-refractivity contribution in [3.8, 4) is 0 Å². The van der Waals surface area contributed by atoms with Crippen molar-refractivity contribution in [3.63, 3.8) is 0 Å². The molecule has 4 nitrogen and oxygen atoms in total. The summed E-state index contributed by atoms with van der Waals surface area (Å²) in [5, 5.41) is 18.8. The summed E-state index contributed by atoms with van der Waals surface area (Å²) in [4.78, 5) is 0. The van der Waals surface area contributed by atoms with Crippen LogP contribution in [0.4, 0.5) is 0 Å². The fourth-order valence-corrected chi connectivity index (χ4v) is 2.98. The molecule has 0 bridgehead atoms. The molecule has 2 N–H and O–H groups in total. The van der Waals surface area contributed by atoms with Crippen LogP contribution in [0, 0.1) is 0 Å². The summed E-state index contributed by atoms with van der Waals surface area (Å²) in [6, 6.07) is 0. The van der Waals surface area contributed by atoms with E-state index in [0.717, 1.165) is 6.42 Å². The van der Waals surface area contributed by atoms with E-state index in [2.05, 4.69) is 6.92 Å². The lowest BCUT2D eigenvalue weighted by atomic mass is 10.1. The first-order valence-electron chi connectivity index (χ1n) is 9.32. The maximum absolute atomic E-state index is 9.69. The molecular formula is C18H36O4. The van der Waals surface area contributed by atoms with Crippen LogP contribution < -0.4 is 0 Å². The van der Waals surface area contributed by atoms with Gasteiger partial charge in [0.1, 0.15) is 0 Å². The second-order valence-electron chi connectivity index (χ2n) is 6.55. The minimum Gasteiger partial charge on any atom is -0.394 e. The van der Waals surface area contributed by atoms with E-state index in [1.807, 2.05) is 0 Å². The summed E-state index contributed by atoms with van der Waals surface area (Å²) in [6.45, 7) is 2.90. The van der Waals surface area contributed by atoms with Crippen LogP contribution in [0.1, 0.15) is 84.0 Å². The fraction of sp³-hybridized carbons (Fsp3) is 1.00. The first-order chi connectivity index (χ1) is 10.8. The summed E-state index contributed by atoms with van der Waals surface area (Å²) in [5.41, 5.74) is 0. The quantitative estimate of drug-likeness (QED) is 0.508. The van der Waals surface area contributed by atoms with Gasteiger partial charge in [0.05, 0.1) is 18.8 Å². The third kappa shape index (κ3) is 9.78. The monoisotopic (exact) mass is 316 g/mol. The van der Waals surface area contributed by atoms with Gasteiger partial charge in [-0.3, -0.25) is 0 Å². The Morgan fingerprint density at radius 1 is 0.909 bits per heavy atom. The molecule has 132 valence electrons. The summed E-state index contributed by atoms with van der Waals surface area (Å²) < 4.78 is 11.2. The number of aliphatic hydroxyl groups is 2. The van der Waals surface area contributed by atoms with Crippen LogP contribution in [0.25, 0.3) is 0 Å². The summed E-state index contributed by atoms with van der Waals surface area (Å²) in [7, 11) is 0. The molecule has 1 aliphatic heterocycles. The first-order valence-corrected chi connectivity index (χ1v) is 9.32. The van der Waals surface area contributed by atoms with Crippen molar-refractivity contribution in [2.45, 2.75) is 102 Å². The van der Waals surface area contributed by atoms with E-state index in [1.165, 1.54) is 57.8 Å². The van der Waals surface area contributed by atoms with Crippen LogP contribution in [0.3, 0.4) is 0 Å². The Hall–Kier alpha value is -0.160. The topological polar surface area (TPSA) is 58.9 Å². The number of aliphatic hydroxyl groups excluding tert-OH is 2. The van der Waals surface area contributed by atoms with E-state index in [1.54, 1.807) is 0 Å². The second-order valence-corrected chi connectivity index (χ2v) is 6.55. The molecule has 1 saturated heterocycles.